The third-order valence-corrected chi connectivity index (χ3v) is 6.24. The number of ether oxygens (including phenoxy) is 1. The fourth-order valence-electron chi connectivity index (χ4n) is 4.38. The van der Waals surface area contributed by atoms with Crippen LogP contribution in [0.25, 0.3) is 0 Å². The molecule has 2 aliphatic rings. The number of anilines is 3. The second-order valence-electron chi connectivity index (χ2n) is 8.68. The van der Waals surface area contributed by atoms with Gasteiger partial charge >= 0.3 is 0 Å². The fourth-order valence-corrected chi connectivity index (χ4v) is 4.38. The van der Waals surface area contributed by atoms with Crippen LogP contribution in [0, 0.1) is 5.82 Å². The van der Waals surface area contributed by atoms with Crippen molar-refractivity contribution in [1.82, 2.24) is 14.9 Å². The van der Waals surface area contributed by atoms with Gasteiger partial charge in [0.05, 0.1) is 5.56 Å². The number of aromatic nitrogens is 2. The van der Waals surface area contributed by atoms with Crippen molar-refractivity contribution in [3.05, 3.63) is 35.8 Å². The number of nitrogens with zero attached hydrogens (tertiary/aromatic N) is 3. The van der Waals surface area contributed by atoms with Crippen LogP contribution >= 0.6 is 0 Å². The number of nitrogens with one attached hydrogen (secondary N) is 2. The van der Waals surface area contributed by atoms with Crippen LogP contribution in [0.1, 0.15) is 48.9 Å². The molecule has 0 bridgehead atoms. The molecule has 6 N–H and O–H groups in total. The Morgan fingerprint density at radius 2 is 1.97 bits per heavy atom. The molecule has 1 aliphatic heterocycles. The van der Waals surface area contributed by atoms with Crippen molar-refractivity contribution in [1.29, 1.82) is 0 Å². The topological polar surface area (TPSA) is 131 Å². The molecule has 1 saturated carbocycles. The maximum Gasteiger partial charge on any atom is 0.252 e. The predicted molar refractivity (Wildman–Crippen MR) is 125 cm³/mol. The van der Waals surface area contributed by atoms with Crippen molar-refractivity contribution in [2.24, 2.45) is 11.5 Å². The van der Waals surface area contributed by atoms with E-state index in [0.29, 0.717) is 18.2 Å². The second kappa shape index (κ2) is 10.8. The third-order valence-electron chi connectivity index (χ3n) is 6.24. The summed E-state index contributed by atoms with van der Waals surface area (Å²) < 4.78 is 20.5. The van der Waals surface area contributed by atoms with Crippen LogP contribution in [0.2, 0.25) is 0 Å². The summed E-state index contributed by atoms with van der Waals surface area (Å²) in [5, 5.41) is 6.17. The molecule has 9 nitrogen and oxygen atoms in total. The van der Waals surface area contributed by atoms with E-state index in [2.05, 4.69) is 25.5 Å². The van der Waals surface area contributed by atoms with Crippen LogP contribution in [0.15, 0.2) is 24.4 Å². The number of likely N-dealkylation sites (tertiary alicyclic amines) is 1. The highest BCUT2D eigenvalue weighted by molar-refractivity contribution is 5.98. The van der Waals surface area contributed by atoms with Gasteiger partial charge in [-0.2, -0.15) is 0 Å². The molecule has 178 valence electrons. The number of carbonyl (C=O) groups is 1. The van der Waals surface area contributed by atoms with Crippen molar-refractivity contribution in [2.45, 2.75) is 50.6 Å². The van der Waals surface area contributed by atoms with Gasteiger partial charge in [0.15, 0.2) is 11.6 Å². The monoisotopic (exact) mass is 457 g/mol. The fraction of sp³-hybridized carbons (Fsp3) is 0.522. The summed E-state index contributed by atoms with van der Waals surface area (Å²) in [5.41, 5.74) is 12.2. The molecule has 1 aliphatic carbocycles. The molecule has 2 aromatic rings. The number of amides is 1. The summed E-state index contributed by atoms with van der Waals surface area (Å²) in [4.78, 5) is 22.9. The van der Waals surface area contributed by atoms with Crippen LogP contribution in [-0.4, -0.2) is 59.1 Å². The van der Waals surface area contributed by atoms with E-state index in [1.165, 1.54) is 12.8 Å². The first-order valence-electron chi connectivity index (χ1n) is 11.6. The Balaban J connectivity index is 1.48. The molecule has 1 unspecified atom stereocenters. The number of carbonyl (C=O) groups excluding carboxylic acids is 1. The summed E-state index contributed by atoms with van der Waals surface area (Å²) in [6, 6.07) is 4.37. The highest BCUT2D eigenvalue weighted by atomic mass is 19.1. The van der Waals surface area contributed by atoms with E-state index in [9.17, 15) is 9.18 Å². The Morgan fingerprint density at radius 3 is 2.73 bits per heavy atom. The smallest absolute Gasteiger partial charge is 0.252 e. The van der Waals surface area contributed by atoms with Gasteiger partial charge in [-0.25, -0.2) is 14.4 Å². The van der Waals surface area contributed by atoms with Crippen molar-refractivity contribution < 1.29 is 13.9 Å². The molecular formula is C23H32FN7O2. The van der Waals surface area contributed by atoms with Gasteiger partial charge in [-0.05, 0) is 50.9 Å². The third kappa shape index (κ3) is 6.08. The lowest BCUT2D eigenvalue weighted by atomic mass is 9.91. The van der Waals surface area contributed by atoms with E-state index in [-0.39, 0.29) is 29.3 Å². The van der Waals surface area contributed by atoms with E-state index in [1.54, 1.807) is 18.3 Å². The Bertz CT molecular complexity index is 968. The number of hydrogen-bond acceptors (Lipinski definition) is 8. The Kier molecular flexibility index (Phi) is 7.56. The van der Waals surface area contributed by atoms with Crippen LogP contribution in [-0.2, 0) is 0 Å². The average molecular weight is 458 g/mol. The van der Waals surface area contributed by atoms with E-state index in [4.69, 9.17) is 16.2 Å². The van der Waals surface area contributed by atoms with Crippen LogP contribution < -0.4 is 26.8 Å². The molecule has 33 heavy (non-hydrogen) atoms. The lowest BCUT2D eigenvalue weighted by Gasteiger charge is -2.30. The molecular weight excluding hydrogens is 425 g/mol. The Labute approximate surface area is 193 Å². The number of halogens is 1. The predicted octanol–water partition coefficient (Wildman–Crippen LogP) is 2.61. The summed E-state index contributed by atoms with van der Waals surface area (Å²) in [6.45, 7) is 3.59. The van der Waals surface area contributed by atoms with E-state index in [0.717, 1.165) is 51.4 Å². The molecule has 1 saturated heterocycles. The summed E-state index contributed by atoms with van der Waals surface area (Å²) >= 11 is 0. The SMILES string of the molecule is NC(=O)c1cc(F)c(NC2CCCC[C@@H]2N)nc1Nc1ccnc(OCCN2CCCC2)c1. The molecule has 0 spiro atoms. The largest absolute Gasteiger partial charge is 0.476 e. The van der Waals surface area contributed by atoms with E-state index in [1.807, 2.05) is 0 Å². The van der Waals surface area contributed by atoms with Gasteiger partial charge in [-0.1, -0.05) is 12.8 Å². The molecule has 2 fully saturated rings. The lowest BCUT2D eigenvalue weighted by Crippen LogP contribution is -2.43. The van der Waals surface area contributed by atoms with Crippen LogP contribution in [0.4, 0.5) is 21.7 Å². The van der Waals surface area contributed by atoms with Crippen LogP contribution in [0.5, 0.6) is 5.88 Å². The zero-order valence-corrected chi connectivity index (χ0v) is 18.7. The van der Waals surface area contributed by atoms with E-state index < -0.39 is 11.7 Å². The molecule has 10 heteroatoms. The minimum Gasteiger partial charge on any atom is -0.476 e. The zero-order chi connectivity index (χ0) is 23.2. The van der Waals surface area contributed by atoms with Gasteiger partial charge in [-0.3, -0.25) is 9.69 Å². The molecule has 2 aromatic heterocycles. The zero-order valence-electron chi connectivity index (χ0n) is 18.7. The first kappa shape index (κ1) is 23.2. The maximum absolute atomic E-state index is 14.7. The van der Waals surface area contributed by atoms with E-state index >= 15 is 0 Å². The van der Waals surface area contributed by atoms with Crippen molar-refractivity contribution >= 4 is 23.2 Å². The van der Waals surface area contributed by atoms with Crippen molar-refractivity contribution in [3.63, 3.8) is 0 Å². The Hall–Kier alpha value is -2.98. The molecule has 4 rings (SSSR count). The first-order chi connectivity index (χ1) is 16.0. The minimum absolute atomic E-state index is 0.0423. The average Bonchev–Trinajstić information content (AvgIpc) is 3.31. The standard InChI is InChI=1S/C23H32FN7O2/c24-17-14-16(21(26)32)22(30-23(17)29-19-6-2-1-5-18(19)25)28-15-7-8-27-20(13-15)33-12-11-31-9-3-4-10-31/h7-8,13-14,18-19H,1-6,9-12,25H2,(H2,26,32)(H2,27,28,29,30)/t18-,19?/m0/s1. The number of primary amides is 1. The minimum atomic E-state index is -0.777. The number of rotatable bonds is 9. The Morgan fingerprint density at radius 1 is 1.18 bits per heavy atom. The number of nitrogens with two attached hydrogens (primary N) is 2. The molecule has 0 radical (unpaired) electrons. The van der Waals surface area contributed by atoms with Crippen molar-refractivity contribution in [3.8, 4) is 5.88 Å². The lowest BCUT2D eigenvalue weighted by molar-refractivity contribution is 0.100. The summed E-state index contributed by atoms with van der Waals surface area (Å²) in [5.74, 6) is -0.770. The first-order valence-corrected chi connectivity index (χ1v) is 11.6. The van der Waals surface area contributed by atoms with Gasteiger partial charge in [0.2, 0.25) is 5.88 Å². The number of hydrogen-bond donors (Lipinski definition) is 4. The molecule has 1 amide bonds. The van der Waals surface area contributed by atoms with Gasteiger partial charge in [0.25, 0.3) is 5.91 Å². The molecule has 0 aromatic carbocycles. The summed E-state index contributed by atoms with van der Waals surface area (Å²) in [6.07, 6.45) is 7.86. The number of pyridine rings is 2. The van der Waals surface area contributed by atoms with Gasteiger partial charge < -0.3 is 26.8 Å². The molecule has 3 heterocycles. The molecule has 2 atom stereocenters. The highest BCUT2D eigenvalue weighted by Gasteiger charge is 2.24. The van der Waals surface area contributed by atoms with Gasteiger partial charge in [-0.15, -0.1) is 0 Å². The van der Waals surface area contributed by atoms with Crippen LogP contribution in [0.3, 0.4) is 0 Å². The normalized spacial score (nSPS) is 21.0. The van der Waals surface area contributed by atoms with Gasteiger partial charge in [0.1, 0.15) is 12.4 Å². The second-order valence-corrected chi connectivity index (χ2v) is 8.68. The van der Waals surface area contributed by atoms with Gasteiger partial charge in [0, 0.05) is 36.6 Å². The summed E-state index contributed by atoms with van der Waals surface area (Å²) in [7, 11) is 0. The quantitative estimate of drug-likeness (QED) is 0.452. The highest BCUT2D eigenvalue weighted by Crippen LogP contribution is 2.27. The maximum atomic E-state index is 14.7. The van der Waals surface area contributed by atoms with Crippen molar-refractivity contribution in [2.75, 3.05) is 36.9 Å².